The quantitative estimate of drug-likeness (QED) is 0.548. The van der Waals surface area contributed by atoms with E-state index in [0.29, 0.717) is 0 Å². The smallest absolute Gasteiger partial charge is 0.312 e. The first-order valence-corrected chi connectivity index (χ1v) is 9.02. The molecule has 22 heavy (non-hydrogen) atoms. The molecule has 0 spiro atoms. The van der Waals surface area contributed by atoms with Crippen LogP contribution in [0.1, 0.15) is 87.0 Å². The Morgan fingerprint density at radius 1 is 0.955 bits per heavy atom. The Hall–Kier alpha value is -0.570. The van der Waals surface area contributed by atoms with Crippen LogP contribution in [0.4, 0.5) is 0 Å². The number of carbonyl (C=O) groups excluding carboxylic acids is 1. The summed E-state index contributed by atoms with van der Waals surface area (Å²) in [4.78, 5) is 13.0. The Morgan fingerprint density at radius 3 is 1.77 bits per heavy atom. The van der Waals surface area contributed by atoms with Crippen LogP contribution in [-0.2, 0) is 9.53 Å². The number of hydrogen-bond donors (Lipinski definition) is 1. The van der Waals surface area contributed by atoms with Crippen molar-refractivity contribution in [3.05, 3.63) is 0 Å². The van der Waals surface area contributed by atoms with Crippen LogP contribution in [0.5, 0.6) is 0 Å². The van der Waals surface area contributed by atoms with Gasteiger partial charge in [0.1, 0.15) is 0 Å². The van der Waals surface area contributed by atoms with E-state index in [0.717, 1.165) is 38.5 Å². The highest BCUT2D eigenvalue weighted by Crippen LogP contribution is 2.53. The van der Waals surface area contributed by atoms with Gasteiger partial charge in [-0.2, -0.15) is 0 Å². The molecule has 0 radical (unpaired) electrons. The van der Waals surface area contributed by atoms with E-state index in [9.17, 15) is 9.90 Å². The largest absolute Gasteiger partial charge is 0.465 e. The molecule has 0 fully saturated rings. The summed E-state index contributed by atoms with van der Waals surface area (Å²) in [6, 6.07) is 0. The highest BCUT2D eigenvalue weighted by Gasteiger charge is 2.52. The lowest BCUT2D eigenvalue weighted by Gasteiger charge is -2.48. The van der Waals surface area contributed by atoms with Gasteiger partial charge < -0.3 is 9.84 Å². The molecule has 0 aromatic rings. The monoisotopic (exact) mass is 314 g/mol. The Bertz CT molecular complexity index is 326. The van der Waals surface area contributed by atoms with E-state index in [4.69, 9.17) is 4.74 Å². The highest BCUT2D eigenvalue weighted by molar-refractivity contribution is 5.78. The first kappa shape index (κ1) is 21.4. The van der Waals surface area contributed by atoms with Crippen molar-refractivity contribution in [1.82, 2.24) is 0 Å². The van der Waals surface area contributed by atoms with Crippen LogP contribution >= 0.6 is 0 Å². The second-order valence-corrected chi connectivity index (χ2v) is 7.43. The summed E-state index contributed by atoms with van der Waals surface area (Å²) in [5.41, 5.74) is -0.793. The fourth-order valence-corrected chi connectivity index (χ4v) is 3.95. The van der Waals surface area contributed by atoms with Crippen LogP contribution < -0.4 is 0 Å². The summed E-state index contributed by atoms with van der Waals surface area (Å²) in [5.74, 6) is -0.0730. The Balaban J connectivity index is 5.50. The molecule has 0 aromatic heterocycles. The standard InChI is InChI=1S/C19H38O3/c1-8-13-18(9-2,10-3)19(11-4,12-5)16(21)22-15-17(6,7)14-20/h20H,8-15H2,1-7H3. The van der Waals surface area contributed by atoms with Gasteiger partial charge in [-0.3, -0.25) is 4.79 Å². The molecule has 132 valence electrons. The fourth-order valence-electron chi connectivity index (χ4n) is 3.95. The average molecular weight is 315 g/mol. The molecule has 0 rings (SSSR count). The third-order valence-electron chi connectivity index (χ3n) is 5.72. The Kier molecular flexibility index (Phi) is 8.67. The Morgan fingerprint density at radius 2 is 1.45 bits per heavy atom. The van der Waals surface area contributed by atoms with Gasteiger partial charge in [0.2, 0.25) is 0 Å². The van der Waals surface area contributed by atoms with Gasteiger partial charge in [-0.1, -0.05) is 54.9 Å². The van der Waals surface area contributed by atoms with Gasteiger partial charge in [0.25, 0.3) is 0 Å². The third-order valence-corrected chi connectivity index (χ3v) is 5.72. The van der Waals surface area contributed by atoms with Gasteiger partial charge in [0, 0.05) is 5.41 Å². The summed E-state index contributed by atoms with van der Waals surface area (Å²) in [5, 5.41) is 9.37. The number of ether oxygens (including phenoxy) is 1. The van der Waals surface area contributed by atoms with Crippen LogP contribution in [0.25, 0.3) is 0 Å². The number of carbonyl (C=O) groups is 1. The molecule has 0 saturated heterocycles. The third kappa shape index (κ3) is 4.24. The van der Waals surface area contributed by atoms with Gasteiger partial charge in [0.15, 0.2) is 0 Å². The van der Waals surface area contributed by atoms with Crippen LogP contribution in [-0.4, -0.2) is 24.3 Å². The molecule has 0 aliphatic heterocycles. The first-order valence-electron chi connectivity index (χ1n) is 9.02. The molecule has 0 atom stereocenters. The average Bonchev–Trinajstić information content (AvgIpc) is 2.53. The molecule has 1 N–H and O–H groups in total. The number of rotatable bonds is 11. The summed E-state index contributed by atoms with van der Waals surface area (Å²) < 4.78 is 5.70. The number of aliphatic hydroxyl groups is 1. The molecule has 0 aliphatic carbocycles. The second kappa shape index (κ2) is 8.90. The molecule has 3 nitrogen and oxygen atoms in total. The van der Waals surface area contributed by atoms with Gasteiger partial charge in [0.05, 0.1) is 18.6 Å². The van der Waals surface area contributed by atoms with E-state index < -0.39 is 5.41 Å². The molecule has 0 heterocycles. The summed E-state index contributed by atoms with van der Waals surface area (Å²) in [6.07, 6.45) is 5.75. The van der Waals surface area contributed by atoms with Crippen molar-refractivity contribution in [1.29, 1.82) is 0 Å². The molecule has 0 bridgehead atoms. The lowest BCUT2D eigenvalue weighted by molar-refractivity contribution is -0.172. The maximum atomic E-state index is 13.0. The number of hydrogen-bond acceptors (Lipinski definition) is 3. The van der Waals surface area contributed by atoms with Crippen LogP contribution in [0.3, 0.4) is 0 Å². The van der Waals surface area contributed by atoms with E-state index >= 15 is 0 Å². The van der Waals surface area contributed by atoms with E-state index in [1.54, 1.807) is 0 Å². The lowest BCUT2D eigenvalue weighted by atomic mass is 9.56. The molecule has 3 heteroatoms. The zero-order chi connectivity index (χ0) is 17.4. The molecule has 0 aromatic carbocycles. The van der Waals surface area contributed by atoms with Crippen molar-refractivity contribution < 1.29 is 14.6 Å². The van der Waals surface area contributed by atoms with Crippen molar-refractivity contribution in [2.75, 3.05) is 13.2 Å². The van der Waals surface area contributed by atoms with Crippen molar-refractivity contribution in [3.63, 3.8) is 0 Å². The maximum absolute atomic E-state index is 13.0. The Labute approximate surface area is 137 Å². The highest BCUT2D eigenvalue weighted by atomic mass is 16.5. The summed E-state index contributed by atoms with van der Waals surface area (Å²) in [7, 11) is 0. The van der Waals surface area contributed by atoms with Gasteiger partial charge in [-0.25, -0.2) is 0 Å². The van der Waals surface area contributed by atoms with Crippen molar-refractivity contribution in [3.8, 4) is 0 Å². The van der Waals surface area contributed by atoms with Crippen LogP contribution in [0.15, 0.2) is 0 Å². The SMILES string of the molecule is CCCC(CC)(CC)C(CC)(CC)C(=O)OCC(C)(C)CO. The van der Waals surface area contributed by atoms with Crippen molar-refractivity contribution >= 4 is 5.97 Å². The topological polar surface area (TPSA) is 46.5 Å². The zero-order valence-corrected chi connectivity index (χ0v) is 15.9. The second-order valence-electron chi connectivity index (χ2n) is 7.43. The van der Waals surface area contributed by atoms with Crippen LogP contribution in [0, 0.1) is 16.2 Å². The minimum Gasteiger partial charge on any atom is -0.465 e. The number of esters is 1. The van der Waals surface area contributed by atoms with Crippen LogP contribution in [0.2, 0.25) is 0 Å². The minimum absolute atomic E-state index is 0.00565. The maximum Gasteiger partial charge on any atom is 0.312 e. The van der Waals surface area contributed by atoms with Crippen molar-refractivity contribution in [2.45, 2.75) is 87.0 Å². The van der Waals surface area contributed by atoms with E-state index in [2.05, 4.69) is 34.6 Å². The van der Waals surface area contributed by atoms with Gasteiger partial charge in [-0.15, -0.1) is 0 Å². The number of aliphatic hydroxyl groups excluding tert-OH is 1. The van der Waals surface area contributed by atoms with E-state index in [1.165, 1.54) is 0 Å². The summed E-state index contributed by atoms with van der Waals surface area (Å²) >= 11 is 0. The zero-order valence-electron chi connectivity index (χ0n) is 15.9. The molecular weight excluding hydrogens is 276 g/mol. The summed E-state index contributed by atoms with van der Waals surface area (Å²) in [6.45, 7) is 14.9. The van der Waals surface area contributed by atoms with E-state index in [-0.39, 0.29) is 30.0 Å². The molecule has 0 saturated carbocycles. The molecular formula is C19H38O3. The van der Waals surface area contributed by atoms with Crippen molar-refractivity contribution in [2.24, 2.45) is 16.2 Å². The van der Waals surface area contributed by atoms with E-state index in [1.807, 2.05) is 13.8 Å². The predicted octanol–water partition coefficient (Wildman–Crippen LogP) is 4.96. The molecule has 0 amide bonds. The minimum atomic E-state index is -0.419. The normalized spacial score (nSPS) is 13.3. The fraction of sp³-hybridized carbons (Fsp3) is 0.947. The van der Waals surface area contributed by atoms with Gasteiger partial charge >= 0.3 is 5.97 Å². The first-order chi connectivity index (χ1) is 10.2. The predicted molar refractivity (Wildman–Crippen MR) is 92.8 cm³/mol. The van der Waals surface area contributed by atoms with Gasteiger partial charge in [-0.05, 0) is 37.5 Å². The molecule has 0 unspecified atom stereocenters. The lowest BCUT2D eigenvalue weighted by Crippen LogP contribution is -2.48. The molecule has 0 aliphatic rings.